The lowest BCUT2D eigenvalue weighted by Crippen LogP contribution is -2.38. The molecule has 1 aromatic carbocycles. The molecule has 3 atom stereocenters. The molecular formula is C35H45N. The molecule has 1 heteroatoms. The highest BCUT2D eigenvalue weighted by molar-refractivity contribution is 6.00. The number of allylic oxidation sites excluding steroid dienone is 10. The van der Waals surface area contributed by atoms with Crippen LogP contribution in [0, 0.1) is 17.3 Å². The second kappa shape index (κ2) is 10.4. The molecule has 0 saturated carbocycles. The van der Waals surface area contributed by atoms with E-state index in [2.05, 4.69) is 116 Å². The summed E-state index contributed by atoms with van der Waals surface area (Å²) in [6.45, 7) is 18.7. The van der Waals surface area contributed by atoms with Crippen LogP contribution in [0.5, 0.6) is 0 Å². The van der Waals surface area contributed by atoms with E-state index in [9.17, 15) is 0 Å². The van der Waals surface area contributed by atoms with Crippen molar-refractivity contribution in [2.45, 2.75) is 86.5 Å². The molecule has 4 rings (SSSR count). The number of fused-ring (bicyclic) bond motifs is 1. The minimum Gasteiger partial charge on any atom is -0.256 e. The maximum Gasteiger partial charge on any atom is 0.0749 e. The van der Waals surface area contributed by atoms with E-state index in [4.69, 9.17) is 4.98 Å². The molecule has 190 valence electrons. The maximum absolute atomic E-state index is 5.09. The summed E-state index contributed by atoms with van der Waals surface area (Å²) in [5.74, 6) is 0.808. The van der Waals surface area contributed by atoms with Crippen LogP contribution in [0.4, 0.5) is 0 Å². The highest BCUT2D eigenvalue weighted by Crippen LogP contribution is 2.57. The van der Waals surface area contributed by atoms with Crippen LogP contribution in [0.15, 0.2) is 83.6 Å². The molecule has 2 aliphatic rings. The molecule has 2 aromatic rings. The number of benzene rings is 1. The number of nitrogens with zero attached hydrogens (tertiary/aromatic N) is 1. The summed E-state index contributed by atoms with van der Waals surface area (Å²) >= 11 is 0. The first kappa shape index (κ1) is 26.4. The van der Waals surface area contributed by atoms with E-state index in [1.807, 2.05) is 6.20 Å². The fourth-order valence-corrected chi connectivity index (χ4v) is 6.68. The number of pyridine rings is 1. The van der Waals surface area contributed by atoms with Crippen molar-refractivity contribution in [1.29, 1.82) is 0 Å². The van der Waals surface area contributed by atoms with Crippen molar-refractivity contribution in [3.8, 4) is 0 Å². The van der Waals surface area contributed by atoms with Crippen molar-refractivity contribution in [3.05, 3.63) is 94.9 Å². The Hall–Kier alpha value is -2.67. The summed E-state index contributed by atoms with van der Waals surface area (Å²) in [4.78, 5) is 5.09. The van der Waals surface area contributed by atoms with Gasteiger partial charge in [-0.05, 0) is 84.9 Å². The zero-order valence-electron chi connectivity index (χ0n) is 23.8. The molecule has 0 aliphatic heterocycles. The zero-order valence-corrected chi connectivity index (χ0v) is 23.8. The molecule has 0 amide bonds. The summed E-state index contributed by atoms with van der Waals surface area (Å²) in [7, 11) is 0. The Morgan fingerprint density at radius 2 is 1.94 bits per heavy atom. The summed E-state index contributed by atoms with van der Waals surface area (Å²) in [6, 6.07) is 8.95. The Labute approximate surface area is 219 Å². The van der Waals surface area contributed by atoms with Crippen molar-refractivity contribution < 1.29 is 0 Å². The maximum atomic E-state index is 5.09. The number of hydrogen-bond acceptors (Lipinski definition) is 1. The SMILES string of the molecule is CCC=CC(C)(C(/C=C(C)\C=C(\C)CC)CC)C1CC=CC2=C1c1nccc3cccc(c13)C2(C)C. The topological polar surface area (TPSA) is 12.9 Å². The normalized spacial score (nSPS) is 22.2. The third-order valence-electron chi connectivity index (χ3n) is 8.89. The van der Waals surface area contributed by atoms with E-state index >= 15 is 0 Å². The molecule has 0 saturated heterocycles. The first-order chi connectivity index (χ1) is 17.2. The van der Waals surface area contributed by atoms with E-state index in [0.29, 0.717) is 11.8 Å². The highest BCUT2D eigenvalue weighted by Gasteiger charge is 2.46. The molecule has 3 unspecified atom stereocenters. The molecule has 36 heavy (non-hydrogen) atoms. The van der Waals surface area contributed by atoms with Crippen LogP contribution in [0.1, 0.15) is 92.3 Å². The number of hydrogen-bond donors (Lipinski definition) is 0. The number of aromatic nitrogens is 1. The van der Waals surface area contributed by atoms with Gasteiger partial charge in [0.1, 0.15) is 0 Å². The van der Waals surface area contributed by atoms with Gasteiger partial charge in [0, 0.05) is 17.0 Å². The van der Waals surface area contributed by atoms with E-state index in [1.54, 1.807) is 0 Å². The Kier molecular flexibility index (Phi) is 7.60. The average Bonchev–Trinajstić information content (AvgIpc) is 2.88. The lowest BCUT2D eigenvalue weighted by molar-refractivity contribution is 0.222. The average molecular weight is 480 g/mol. The molecular weight excluding hydrogens is 434 g/mol. The van der Waals surface area contributed by atoms with Gasteiger partial charge in [-0.25, -0.2) is 0 Å². The zero-order chi connectivity index (χ0) is 26.1. The molecule has 1 heterocycles. The van der Waals surface area contributed by atoms with Crippen LogP contribution < -0.4 is 0 Å². The predicted octanol–water partition coefficient (Wildman–Crippen LogP) is 10.2. The third-order valence-corrected chi connectivity index (χ3v) is 8.89. The van der Waals surface area contributed by atoms with Crippen LogP contribution in [0.25, 0.3) is 16.3 Å². The number of rotatable bonds is 8. The standard InChI is InChI=1S/C35H45N/c1-9-12-20-35(8,27(11-3)23-25(5)22-24(4)10-2)30-18-14-17-29-32(30)33-31-26(19-21-36-33)15-13-16-28(31)34(29,6)7/h12-17,19-23,27,30H,9-11,18H2,1-8H3/b20-12?,24-22-,25-23-. The second-order valence-electron chi connectivity index (χ2n) is 11.7. The molecule has 0 spiro atoms. The van der Waals surface area contributed by atoms with Crippen molar-refractivity contribution in [1.82, 2.24) is 4.98 Å². The summed E-state index contributed by atoms with van der Waals surface area (Å²) in [5, 5.41) is 2.66. The quantitative estimate of drug-likeness (QED) is 0.271. The van der Waals surface area contributed by atoms with Crippen LogP contribution in [0.2, 0.25) is 0 Å². The second-order valence-corrected chi connectivity index (χ2v) is 11.7. The van der Waals surface area contributed by atoms with Crippen molar-refractivity contribution in [2.75, 3.05) is 0 Å². The minimum absolute atomic E-state index is 0.0163. The Morgan fingerprint density at radius 3 is 2.64 bits per heavy atom. The lowest BCUT2D eigenvalue weighted by Gasteiger charge is -2.47. The molecule has 2 aliphatic carbocycles. The van der Waals surface area contributed by atoms with Gasteiger partial charge < -0.3 is 0 Å². The van der Waals surface area contributed by atoms with Gasteiger partial charge in [0.05, 0.1) is 5.69 Å². The highest BCUT2D eigenvalue weighted by atomic mass is 14.7. The fraction of sp³-hybridized carbons (Fsp3) is 0.457. The summed E-state index contributed by atoms with van der Waals surface area (Å²) in [5.41, 5.74) is 8.29. The molecule has 1 nitrogen and oxygen atoms in total. The van der Waals surface area contributed by atoms with Gasteiger partial charge in [0.25, 0.3) is 0 Å². The molecule has 0 radical (unpaired) electrons. The third kappa shape index (κ3) is 4.47. The lowest BCUT2D eigenvalue weighted by atomic mass is 9.57. The van der Waals surface area contributed by atoms with Crippen LogP contribution >= 0.6 is 0 Å². The minimum atomic E-state index is -0.0517. The van der Waals surface area contributed by atoms with Crippen molar-refractivity contribution >= 4 is 16.3 Å². The van der Waals surface area contributed by atoms with Crippen LogP contribution in [-0.4, -0.2) is 4.98 Å². The Balaban J connectivity index is 1.95. The van der Waals surface area contributed by atoms with Crippen molar-refractivity contribution in [2.24, 2.45) is 17.3 Å². The molecule has 0 N–H and O–H groups in total. The van der Waals surface area contributed by atoms with Gasteiger partial charge in [0.2, 0.25) is 0 Å². The van der Waals surface area contributed by atoms with Gasteiger partial charge in [0.15, 0.2) is 0 Å². The van der Waals surface area contributed by atoms with Gasteiger partial charge in [-0.2, -0.15) is 0 Å². The fourth-order valence-electron chi connectivity index (χ4n) is 6.68. The van der Waals surface area contributed by atoms with E-state index < -0.39 is 0 Å². The van der Waals surface area contributed by atoms with E-state index in [-0.39, 0.29) is 10.8 Å². The largest absolute Gasteiger partial charge is 0.256 e. The van der Waals surface area contributed by atoms with Crippen molar-refractivity contribution in [3.63, 3.8) is 0 Å². The van der Waals surface area contributed by atoms with Crippen LogP contribution in [-0.2, 0) is 5.41 Å². The molecule has 0 fully saturated rings. The summed E-state index contributed by atoms with van der Waals surface area (Å²) in [6.07, 6.45) is 21.0. The van der Waals surface area contributed by atoms with Gasteiger partial charge in [-0.15, -0.1) is 0 Å². The smallest absolute Gasteiger partial charge is 0.0749 e. The van der Waals surface area contributed by atoms with E-state index in [1.165, 1.54) is 44.3 Å². The molecule has 1 aromatic heterocycles. The van der Waals surface area contributed by atoms with Gasteiger partial charge >= 0.3 is 0 Å². The monoisotopic (exact) mass is 479 g/mol. The predicted molar refractivity (Wildman–Crippen MR) is 158 cm³/mol. The van der Waals surface area contributed by atoms with Crippen LogP contribution in [0.3, 0.4) is 0 Å². The first-order valence-electron chi connectivity index (χ1n) is 14.0. The molecule has 0 bridgehead atoms. The van der Waals surface area contributed by atoms with Gasteiger partial charge in [-0.3, -0.25) is 4.98 Å². The van der Waals surface area contributed by atoms with Gasteiger partial charge in [-0.1, -0.05) is 107 Å². The van der Waals surface area contributed by atoms with E-state index in [0.717, 1.165) is 25.7 Å². The Bertz CT molecular complexity index is 1270. The first-order valence-corrected chi connectivity index (χ1v) is 14.0. The Morgan fingerprint density at radius 1 is 1.17 bits per heavy atom. The summed E-state index contributed by atoms with van der Waals surface area (Å²) < 4.78 is 0.